The summed E-state index contributed by atoms with van der Waals surface area (Å²) < 4.78 is 47.9. The Kier molecular flexibility index (Phi) is 10.7. The molecule has 0 amide bonds. The second-order valence-electron chi connectivity index (χ2n) is 10.6. The lowest BCUT2D eigenvalue weighted by molar-refractivity contribution is -0.367. The van der Waals surface area contributed by atoms with Crippen molar-refractivity contribution in [3.05, 3.63) is 82.0 Å². The third kappa shape index (κ3) is 7.94. The van der Waals surface area contributed by atoms with Gasteiger partial charge in [0.1, 0.15) is 18.5 Å². The van der Waals surface area contributed by atoms with Gasteiger partial charge in [0.2, 0.25) is 11.9 Å². The van der Waals surface area contributed by atoms with Crippen molar-refractivity contribution in [2.24, 2.45) is 0 Å². The van der Waals surface area contributed by atoms with Crippen molar-refractivity contribution in [2.75, 3.05) is 13.7 Å². The van der Waals surface area contributed by atoms with Gasteiger partial charge in [-0.2, -0.15) is 0 Å². The number of hydrogen-bond donors (Lipinski definition) is 0. The Bertz CT molecular complexity index is 1550. The second-order valence-corrected chi connectivity index (χ2v) is 11.8. The molecule has 0 saturated carbocycles. The SMILES string of the molecule is COC1(c2ccc(C)c(Cc3ccc(-c4ccc(F)cc4)s3)c2)O[C@H](COC(C)=O)[C@@H](OC(C)=O)[C@H](OC(C)=O)[C@H]1OC(C)=O. The van der Waals surface area contributed by atoms with Crippen LogP contribution < -0.4 is 0 Å². The molecule has 5 atom stereocenters. The third-order valence-corrected chi connectivity index (χ3v) is 8.38. The average Bonchev–Trinajstić information content (AvgIpc) is 3.43. The van der Waals surface area contributed by atoms with Gasteiger partial charge in [0.05, 0.1) is 0 Å². The number of thiophene rings is 1. The highest BCUT2D eigenvalue weighted by atomic mass is 32.1. The predicted octanol–water partition coefficient (Wildman–Crippen LogP) is 5.01. The summed E-state index contributed by atoms with van der Waals surface area (Å²) in [5.74, 6) is -5.02. The lowest BCUT2D eigenvalue weighted by atomic mass is 9.85. The van der Waals surface area contributed by atoms with E-state index in [0.717, 1.165) is 40.3 Å². The zero-order chi connectivity index (χ0) is 32.9. The molecule has 4 rings (SSSR count). The van der Waals surface area contributed by atoms with E-state index in [1.807, 2.05) is 31.2 Å². The molecule has 1 saturated heterocycles. The number of esters is 4. The van der Waals surface area contributed by atoms with Crippen LogP contribution in [0.2, 0.25) is 0 Å². The molecule has 240 valence electrons. The van der Waals surface area contributed by atoms with Gasteiger partial charge in [-0.3, -0.25) is 19.2 Å². The molecule has 1 aliphatic heterocycles. The molecule has 0 bridgehead atoms. The van der Waals surface area contributed by atoms with Crippen molar-refractivity contribution in [1.29, 1.82) is 0 Å². The Morgan fingerprint density at radius 2 is 1.49 bits per heavy atom. The van der Waals surface area contributed by atoms with Crippen LogP contribution in [0.5, 0.6) is 0 Å². The first kappa shape index (κ1) is 33.8. The Morgan fingerprint density at radius 3 is 2.09 bits per heavy atom. The summed E-state index contributed by atoms with van der Waals surface area (Å²) in [4.78, 5) is 50.7. The van der Waals surface area contributed by atoms with Gasteiger partial charge in [0, 0.05) is 56.5 Å². The van der Waals surface area contributed by atoms with E-state index in [4.69, 9.17) is 28.4 Å². The maximum atomic E-state index is 13.4. The minimum Gasteiger partial charge on any atom is -0.463 e. The molecule has 45 heavy (non-hydrogen) atoms. The lowest BCUT2D eigenvalue weighted by Crippen LogP contribution is -2.67. The first-order valence-electron chi connectivity index (χ1n) is 14.2. The van der Waals surface area contributed by atoms with Gasteiger partial charge in [0.25, 0.3) is 0 Å². The molecular weight excluding hydrogens is 607 g/mol. The highest BCUT2D eigenvalue weighted by Crippen LogP contribution is 2.44. The van der Waals surface area contributed by atoms with Crippen molar-refractivity contribution in [3.8, 4) is 10.4 Å². The summed E-state index contributed by atoms with van der Waals surface area (Å²) in [6, 6.07) is 15.7. The number of methoxy groups -OCH3 is 1. The Hall–Kier alpha value is -4.13. The smallest absolute Gasteiger partial charge is 0.303 e. The van der Waals surface area contributed by atoms with Gasteiger partial charge < -0.3 is 28.4 Å². The van der Waals surface area contributed by atoms with E-state index in [1.165, 1.54) is 33.1 Å². The van der Waals surface area contributed by atoms with Crippen LogP contribution in [0.1, 0.15) is 49.3 Å². The van der Waals surface area contributed by atoms with E-state index in [0.29, 0.717) is 12.0 Å². The first-order valence-corrected chi connectivity index (χ1v) is 15.0. The van der Waals surface area contributed by atoms with Gasteiger partial charge in [-0.1, -0.05) is 24.3 Å². The second kappa shape index (κ2) is 14.3. The van der Waals surface area contributed by atoms with Crippen LogP contribution in [0.3, 0.4) is 0 Å². The molecule has 12 heteroatoms. The van der Waals surface area contributed by atoms with Gasteiger partial charge in [-0.25, -0.2) is 4.39 Å². The van der Waals surface area contributed by atoms with Crippen molar-refractivity contribution in [3.63, 3.8) is 0 Å². The number of carbonyl (C=O) groups is 4. The Balaban J connectivity index is 1.79. The minimum atomic E-state index is -1.88. The fraction of sp³-hybridized carbons (Fsp3) is 0.394. The van der Waals surface area contributed by atoms with Crippen molar-refractivity contribution < 1.29 is 52.0 Å². The topological polar surface area (TPSA) is 124 Å². The third-order valence-electron chi connectivity index (χ3n) is 7.25. The Labute approximate surface area is 264 Å². The number of carbonyl (C=O) groups excluding carboxylic acids is 4. The zero-order valence-electron chi connectivity index (χ0n) is 25.8. The lowest BCUT2D eigenvalue weighted by Gasteiger charge is -2.50. The maximum absolute atomic E-state index is 13.4. The van der Waals surface area contributed by atoms with Crippen molar-refractivity contribution in [2.45, 2.75) is 71.2 Å². The maximum Gasteiger partial charge on any atom is 0.303 e. The van der Waals surface area contributed by atoms with Crippen molar-refractivity contribution in [1.82, 2.24) is 0 Å². The molecule has 0 aliphatic carbocycles. The first-order chi connectivity index (χ1) is 21.3. The number of hydrogen-bond acceptors (Lipinski definition) is 11. The van der Waals surface area contributed by atoms with Gasteiger partial charge in [-0.05, 0) is 53.9 Å². The summed E-state index contributed by atoms with van der Waals surface area (Å²) >= 11 is 1.56. The largest absolute Gasteiger partial charge is 0.463 e. The van der Waals surface area contributed by atoms with E-state index in [-0.39, 0.29) is 12.4 Å². The van der Waals surface area contributed by atoms with Gasteiger partial charge in [0.15, 0.2) is 12.2 Å². The van der Waals surface area contributed by atoms with E-state index < -0.39 is 54.1 Å². The molecule has 0 spiro atoms. The number of aryl methyl sites for hydroxylation is 1. The summed E-state index contributed by atoms with van der Waals surface area (Å²) in [5, 5.41) is 0. The molecule has 0 radical (unpaired) electrons. The summed E-state index contributed by atoms with van der Waals surface area (Å²) in [6.45, 7) is 6.25. The summed E-state index contributed by atoms with van der Waals surface area (Å²) in [6.07, 6.45) is -4.83. The fourth-order valence-corrected chi connectivity index (χ4v) is 6.33. The fourth-order valence-electron chi connectivity index (χ4n) is 5.29. The molecule has 2 aromatic carbocycles. The summed E-state index contributed by atoms with van der Waals surface area (Å²) in [5.41, 5.74) is 3.16. The van der Waals surface area contributed by atoms with Crippen molar-refractivity contribution >= 4 is 35.2 Å². The van der Waals surface area contributed by atoms with Crippen LogP contribution >= 0.6 is 11.3 Å². The normalized spacial score (nSPS) is 22.7. The standard InChI is InChI=1S/C33H35FO10S/c1-18-7-10-25(15-24(18)16-27-13-14-29(45-27)23-8-11-26(34)12-9-23)33(39-6)32(43-22(5)38)31(42-21(4)37)30(41-20(3)36)28(44-33)17-40-19(2)35/h7-15,28,30-32H,16-17H2,1-6H3/t28-,30-,31+,32-,33?/m1/s1. The van der Waals surface area contributed by atoms with Gasteiger partial charge >= 0.3 is 23.9 Å². The molecule has 10 nitrogen and oxygen atoms in total. The van der Waals surface area contributed by atoms with Crippen LogP contribution in [0.4, 0.5) is 4.39 Å². The highest BCUT2D eigenvalue weighted by Gasteiger charge is 2.61. The number of ether oxygens (including phenoxy) is 6. The molecule has 2 heterocycles. The molecule has 1 aromatic heterocycles. The quantitative estimate of drug-likeness (QED) is 0.220. The summed E-state index contributed by atoms with van der Waals surface area (Å²) in [7, 11) is 1.34. The Morgan fingerprint density at radius 1 is 0.844 bits per heavy atom. The predicted molar refractivity (Wildman–Crippen MR) is 161 cm³/mol. The van der Waals surface area contributed by atoms with Crippen LogP contribution in [-0.4, -0.2) is 62.0 Å². The van der Waals surface area contributed by atoms with E-state index >= 15 is 0 Å². The molecule has 1 fully saturated rings. The molecular formula is C33H35FO10S. The monoisotopic (exact) mass is 642 g/mol. The van der Waals surface area contributed by atoms with Crippen LogP contribution in [0.25, 0.3) is 10.4 Å². The number of benzene rings is 2. The van der Waals surface area contributed by atoms with E-state index in [9.17, 15) is 23.6 Å². The molecule has 1 unspecified atom stereocenters. The highest BCUT2D eigenvalue weighted by molar-refractivity contribution is 7.15. The van der Waals surface area contributed by atoms with E-state index in [1.54, 1.807) is 29.5 Å². The van der Waals surface area contributed by atoms with Crippen LogP contribution in [-0.2, 0) is 59.8 Å². The number of halogens is 1. The average molecular weight is 643 g/mol. The van der Waals surface area contributed by atoms with Crippen LogP contribution in [0, 0.1) is 12.7 Å². The number of rotatable bonds is 10. The van der Waals surface area contributed by atoms with Crippen LogP contribution in [0.15, 0.2) is 54.6 Å². The van der Waals surface area contributed by atoms with Gasteiger partial charge in [-0.15, -0.1) is 11.3 Å². The van der Waals surface area contributed by atoms with E-state index in [2.05, 4.69) is 0 Å². The molecule has 1 aliphatic rings. The molecule has 0 N–H and O–H groups in total. The molecule has 3 aromatic rings. The zero-order valence-corrected chi connectivity index (χ0v) is 26.6. The minimum absolute atomic E-state index is 0.308.